The van der Waals surface area contributed by atoms with Crippen LogP contribution in [0.4, 0.5) is 11.4 Å². The Bertz CT molecular complexity index is 1050. The normalized spacial score (nSPS) is 17.5. The molecule has 0 spiro atoms. The molecule has 2 aliphatic rings. The van der Waals surface area contributed by atoms with E-state index < -0.39 is 4.92 Å². The molecule has 0 radical (unpaired) electrons. The van der Waals surface area contributed by atoms with Crippen LogP contribution in [0.25, 0.3) is 0 Å². The summed E-state index contributed by atoms with van der Waals surface area (Å²) in [6.45, 7) is 4.78. The number of benzene rings is 2. The van der Waals surface area contributed by atoms with Crippen LogP contribution in [0.3, 0.4) is 0 Å². The monoisotopic (exact) mass is 465 g/mol. The number of ether oxygens (including phenoxy) is 1. The van der Waals surface area contributed by atoms with E-state index in [-0.39, 0.29) is 23.3 Å². The van der Waals surface area contributed by atoms with E-state index in [1.165, 1.54) is 12.1 Å². The molecule has 0 bridgehead atoms. The first-order chi connectivity index (χ1) is 16.4. The van der Waals surface area contributed by atoms with E-state index >= 15 is 0 Å². The second-order valence-corrected chi connectivity index (χ2v) is 9.29. The molecular formula is C26H31N3O5. The molecule has 8 heteroatoms. The van der Waals surface area contributed by atoms with Crippen LogP contribution >= 0.6 is 0 Å². The Kier molecular flexibility index (Phi) is 7.14. The van der Waals surface area contributed by atoms with Crippen molar-refractivity contribution in [3.05, 3.63) is 63.7 Å². The van der Waals surface area contributed by atoms with Gasteiger partial charge in [-0.15, -0.1) is 0 Å². The number of hydrogen-bond donors (Lipinski definition) is 0. The fourth-order valence-corrected chi connectivity index (χ4v) is 4.84. The molecule has 2 aliphatic heterocycles. The Hall–Kier alpha value is -3.42. The number of piperidine rings is 2. The maximum absolute atomic E-state index is 13.5. The van der Waals surface area contributed by atoms with Crippen LogP contribution in [0.15, 0.2) is 42.5 Å². The van der Waals surface area contributed by atoms with Gasteiger partial charge in [-0.1, -0.05) is 6.92 Å². The fraction of sp³-hybridized carbons (Fsp3) is 0.462. The van der Waals surface area contributed by atoms with Gasteiger partial charge in [0.25, 0.3) is 11.6 Å². The molecule has 0 atom stereocenters. The number of nitro benzene ring substituents is 1. The smallest absolute Gasteiger partial charge is 0.270 e. The maximum Gasteiger partial charge on any atom is 0.270 e. The van der Waals surface area contributed by atoms with Crippen molar-refractivity contribution in [3.63, 3.8) is 0 Å². The number of rotatable bonds is 6. The summed E-state index contributed by atoms with van der Waals surface area (Å²) in [6.07, 6.45) is 3.21. The summed E-state index contributed by atoms with van der Waals surface area (Å²) in [5, 5.41) is 11.4. The standard InChI is InChI=1S/C26H31N3O5/c1-18-9-13-27(14-10-18)24-8-5-21(29(32)33)17-23(24)26(31)28-15-11-20(12-16-28)25(30)19-3-6-22(34-2)7-4-19/h3-8,17-18,20H,9-16H2,1-2H3. The number of Topliss-reactive ketones (excluding diaryl/α,β-unsaturated/α-hetero) is 1. The van der Waals surface area contributed by atoms with Crippen molar-refractivity contribution in [3.8, 4) is 5.75 Å². The molecule has 2 heterocycles. The van der Waals surface area contributed by atoms with Crippen molar-refractivity contribution >= 4 is 23.1 Å². The van der Waals surface area contributed by atoms with E-state index in [4.69, 9.17) is 4.74 Å². The SMILES string of the molecule is COc1ccc(C(=O)C2CCN(C(=O)c3cc([N+](=O)[O-])ccc3N3CCC(C)CC3)CC2)cc1. The first-order valence-electron chi connectivity index (χ1n) is 11.9. The van der Waals surface area contributed by atoms with Gasteiger partial charge in [-0.2, -0.15) is 0 Å². The molecule has 0 aromatic heterocycles. The van der Waals surface area contributed by atoms with Crippen LogP contribution in [0.2, 0.25) is 0 Å². The molecule has 180 valence electrons. The third-order valence-corrected chi connectivity index (χ3v) is 7.07. The van der Waals surface area contributed by atoms with Gasteiger partial charge in [0.05, 0.1) is 23.3 Å². The van der Waals surface area contributed by atoms with Crippen molar-refractivity contribution in [1.82, 2.24) is 4.90 Å². The third kappa shape index (κ3) is 5.05. The van der Waals surface area contributed by atoms with Gasteiger partial charge in [0.15, 0.2) is 5.78 Å². The zero-order valence-corrected chi connectivity index (χ0v) is 19.7. The maximum atomic E-state index is 13.5. The summed E-state index contributed by atoms with van der Waals surface area (Å²) in [4.78, 5) is 41.3. The lowest BCUT2D eigenvalue weighted by molar-refractivity contribution is -0.384. The van der Waals surface area contributed by atoms with E-state index in [1.54, 1.807) is 42.3 Å². The molecule has 0 saturated carbocycles. The van der Waals surface area contributed by atoms with Crippen molar-refractivity contribution < 1.29 is 19.2 Å². The molecule has 0 aliphatic carbocycles. The third-order valence-electron chi connectivity index (χ3n) is 7.07. The molecule has 34 heavy (non-hydrogen) atoms. The number of hydrogen-bond acceptors (Lipinski definition) is 6. The van der Waals surface area contributed by atoms with Gasteiger partial charge >= 0.3 is 0 Å². The Morgan fingerprint density at radius 2 is 1.62 bits per heavy atom. The van der Waals surface area contributed by atoms with Crippen LogP contribution in [-0.2, 0) is 0 Å². The van der Waals surface area contributed by atoms with Gasteiger partial charge in [0.1, 0.15) is 5.75 Å². The van der Waals surface area contributed by atoms with Gasteiger partial charge < -0.3 is 14.5 Å². The number of ketones is 1. The summed E-state index contributed by atoms with van der Waals surface area (Å²) in [5.41, 5.74) is 1.70. The Morgan fingerprint density at radius 1 is 0.971 bits per heavy atom. The van der Waals surface area contributed by atoms with Crippen LogP contribution in [-0.4, -0.2) is 54.8 Å². The predicted octanol–water partition coefficient (Wildman–Crippen LogP) is 4.57. The second kappa shape index (κ2) is 10.2. The van der Waals surface area contributed by atoms with E-state index in [2.05, 4.69) is 11.8 Å². The lowest BCUT2D eigenvalue weighted by Crippen LogP contribution is -2.41. The van der Waals surface area contributed by atoms with Crippen LogP contribution in [0, 0.1) is 22.0 Å². The quantitative estimate of drug-likeness (QED) is 0.352. The molecule has 2 fully saturated rings. The van der Waals surface area contributed by atoms with Crippen molar-refractivity contribution in [2.24, 2.45) is 11.8 Å². The van der Waals surface area contributed by atoms with Crippen LogP contribution in [0.5, 0.6) is 5.75 Å². The summed E-state index contributed by atoms with van der Waals surface area (Å²) < 4.78 is 5.16. The largest absolute Gasteiger partial charge is 0.497 e. The molecule has 1 amide bonds. The number of likely N-dealkylation sites (tertiary alicyclic amines) is 1. The van der Waals surface area contributed by atoms with Crippen LogP contribution < -0.4 is 9.64 Å². The van der Waals surface area contributed by atoms with E-state index in [0.29, 0.717) is 48.7 Å². The number of amides is 1. The Labute approximate surface area is 199 Å². The number of carbonyl (C=O) groups excluding carboxylic acids is 2. The highest BCUT2D eigenvalue weighted by molar-refractivity contribution is 6.01. The molecule has 0 N–H and O–H groups in total. The van der Waals surface area contributed by atoms with E-state index in [0.717, 1.165) is 31.6 Å². The Morgan fingerprint density at radius 3 is 2.21 bits per heavy atom. The number of nitro groups is 1. The highest BCUT2D eigenvalue weighted by Gasteiger charge is 2.31. The van der Waals surface area contributed by atoms with Gasteiger partial charge in [0, 0.05) is 49.8 Å². The second-order valence-electron chi connectivity index (χ2n) is 9.29. The summed E-state index contributed by atoms with van der Waals surface area (Å²) in [7, 11) is 1.59. The molecular weight excluding hydrogens is 434 g/mol. The van der Waals surface area contributed by atoms with Gasteiger partial charge in [-0.3, -0.25) is 19.7 Å². The lowest BCUT2D eigenvalue weighted by atomic mass is 9.88. The zero-order valence-electron chi connectivity index (χ0n) is 19.7. The highest BCUT2D eigenvalue weighted by Crippen LogP contribution is 2.32. The Balaban J connectivity index is 1.48. The number of nitrogens with zero attached hydrogens (tertiary/aromatic N) is 3. The minimum absolute atomic E-state index is 0.0771. The predicted molar refractivity (Wildman–Crippen MR) is 130 cm³/mol. The zero-order chi connectivity index (χ0) is 24.2. The average molecular weight is 466 g/mol. The van der Waals surface area contributed by atoms with Crippen LogP contribution in [0.1, 0.15) is 53.3 Å². The minimum Gasteiger partial charge on any atom is -0.497 e. The average Bonchev–Trinajstić information content (AvgIpc) is 2.88. The number of carbonyl (C=O) groups is 2. The summed E-state index contributed by atoms with van der Waals surface area (Å²) in [5.74, 6) is 1.06. The first-order valence-corrected chi connectivity index (χ1v) is 11.9. The number of non-ortho nitro benzene ring substituents is 1. The van der Waals surface area contributed by atoms with Gasteiger partial charge in [-0.05, 0) is 61.9 Å². The summed E-state index contributed by atoms with van der Waals surface area (Å²) in [6, 6.07) is 11.7. The van der Waals surface area contributed by atoms with Crippen molar-refractivity contribution in [2.75, 3.05) is 38.2 Å². The van der Waals surface area contributed by atoms with Crippen molar-refractivity contribution in [1.29, 1.82) is 0 Å². The molecule has 8 nitrogen and oxygen atoms in total. The molecule has 2 saturated heterocycles. The molecule has 0 unspecified atom stereocenters. The fourth-order valence-electron chi connectivity index (χ4n) is 4.84. The minimum atomic E-state index is -0.460. The lowest BCUT2D eigenvalue weighted by Gasteiger charge is -2.35. The number of anilines is 1. The highest BCUT2D eigenvalue weighted by atomic mass is 16.6. The van der Waals surface area contributed by atoms with Gasteiger partial charge in [-0.25, -0.2) is 0 Å². The van der Waals surface area contributed by atoms with Gasteiger partial charge in [0.2, 0.25) is 0 Å². The topological polar surface area (TPSA) is 93.0 Å². The van der Waals surface area contributed by atoms with Crippen molar-refractivity contribution in [2.45, 2.75) is 32.6 Å². The molecule has 2 aromatic carbocycles. The summed E-state index contributed by atoms with van der Waals surface area (Å²) >= 11 is 0. The first kappa shape index (κ1) is 23.7. The van der Waals surface area contributed by atoms with E-state index in [1.807, 2.05) is 0 Å². The molecule has 2 aromatic rings. The number of methoxy groups -OCH3 is 1. The van der Waals surface area contributed by atoms with E-state index in [9.17, 15) is 19.7 Å². The molecule has 4 rings (SSSR count).